The van der Waals surface area contributed by atoms with Crippen molar-refractivity contribution in [2.75, 3.05) is 19.6 Å². The van der Waals surface area contributed by atoms with Gasteiger partial charge in [0.2, 0.25) is 5.91 Å². The largest absolute Gasteiger partial charge is 0.341 e. The molecule has 0 aliphatic carbocycles. The zero-order valence-electron chi connectivity index (χ0n) is 15.3. The first kappa shape index (κ1) is 18.5. The van der Waals surface area contributed by atoms with Crippen molar-refractivity contribution in [3.05, 3.63) is 0 Å². The third-order valence-electron chi connectivity index (χ3n) is 4.93. The van der Waals surface area contributed by atoms with Gasteiger partial charge in [0, 0.05) is 25.6 Å². The van der Waals surface area contributed by atoms with Crippen LogP contribution < -0.4 is 5.32 Å². The Morgan fingerprint density at radius 3 is 2.29 bits per heavy atom. The van der Waals surface area contributed by atoms with Gasteiger partial charge in [0.1, 0.15) is 0 Å². The fourth-order valence-corrected chi connectivity index (χ4v) is 3.21. The molecule has 0 aromatic carbocycles. The summed E-state index contributed by atoms with van der Waals surface area (Å²) in [6.07, 6.45) is 2.89. The minimum atomic E-state index is 0.173. The van der Waals surface area contributed by atoms with Gasteiger partial charge in [-0.2, -0.15) is 0 Å². The van der Waals surface area contributed by atoms with Crippen LogP contribution in [0.25, 0.3) is 0 Å². The molecule has 21 heavy (non-hydrogen) atoms. The van der Waals surface area contributed by atoms with Crippen LogP contribution in [0.2, 0.25) is 0 Å². The van der Waals surface area contributed by atoms with Crippen LogP contribution in [0, 0.1) is 16.7 Å². The molecule has 1 saturated heterocycles. The summed E-state index contributed by atoms with van der Waals surface area (Å²) in [5.41, 5.74) is 0.480. The molecule has 1 fully saturated rings. The second-order valence-electron chi connectivity index (χ2n) is 8.71. The maximum Gasteiger partial charge on any atom is 0.222 e. The predicted octanol–water partition coefficient (Wildman–Crippen LogP) is 3.69. The highest BCUT2D eigenvalue weighted by molar-refractivity contribution is 5.76. The first-order chi connectivity index (χ1) is 9.55. The quantitative estimate of drug-likeness (QED) is 0.858. The van der Waals surface area contributed by atoms with Crippen molar-refractivity contribution in [1.82, 2.24) is 10.2 Å². The first-order valence-electron chi connectivity index (χ1n) is 8.57. The molecule has 1 N–H and O–H groups in total. The van der Waals surface area contributed by atoms with E-state index in [1.54, 1.807) is 0 Å². The van der Waals surface area contributed by atoms with E-state index in [-0.39, 0.29) is 5.41 Å². The summed E-state index contributed by atoms with van der Waals surface area (Å²) in [4.78, 5) is 14.6. The topological polar surface area (TPSA) is 32.3 Å². The highest BCUT2D eigenvalue weighted by Gasteiger charge is 2.32. The molecule has 0 aromatic heterocycles. The third kappa shape index (κ3) is 5.61. The van der Waals surface area contributed by atoms with E-state index in [2.05, 4.69) is 58.7 Å². The number of hydrogen-bond acceptors (Lipinski definition) is 2. The lowest BCUT2D eigenvalue weighted by Gasteiger charge is -2.36. The molecule has 2 atom stereocenters. The van der Waals surface area contributed by atoms with Crippen molar-refractivity contribution in [3.8, 4) is 0 Å². The van der Waals surface area contributed by atoms with Gasteiger partial charge in [-0.15, -0.1) is 0 Å². The Labute approximate surface area is 131 Å². The van der Waals surface area contributed by atoms with Gasteiger partial charge in [-0.1, -0.05) is 48.5 Å². The van der Waals surface area contributed by atoms with Crippen LogP contribution in [0.5, 0.6) is 0 Å². The lowest BCUT2D eigenvalue weighted by molar-refractivity contribution is -0.131. The molecule has 2 unspecified atom stereocenters. The lowest BCUT2D eigenvalue weighted by atomic mass is 9.76. The number of carbonyl (C=O) groups excluding carboxylic acids is 1. The van der Waals surface area contributed by atoms with Crippen LogP contribution in [-0.4, -0.2) is 36.5 Å². The van der Waals surface area contributed by atoms with Gasteiger partial charge in [0.05, 0.1) is 0 Å². The van der Waals surface area contributed by atoms with Crippen LogP contribution >= 0.6 is 0 Å². The van der Waals surface area contributed by atoms with E-state index >= 15 is 0 Å². The number of likely N-dealkylation sites (tertiary alicyclic amines) is 1. The number of rotatable bonds is 4. The molecule has 0 spiro atoms. The molecule has 0 radical (unpaired) electrons. The predicted molar refractivity (Wildman–Crippen MR) is 90.3 cm³/mol. The normalized spacial score (nSPS) is 23.1. The molecule has 0 saturated carbocycles. The molecular formula is C18H36N2O. The fraction of sp³-hybridized carbons (Fsp3) is 0.944. The molecular weight excluding hydrogens is 260 g/mol. The highest BCUT2D eigenvalue weighted by Crippen LogP contribution is 2.34. The van der Waals surface area contributed by atoms with Crippen LogP contribution in [0.3, 0.4) is 0 Å². The Kier molecular flexibility index (Phi) is 6.27. The standard InChI is InChI=1S/C18H36N2O/c1-8-19-15(18(5,6)7)13-20-12-11-14(17(2,3)4)9-10-16(20)21/h14-15,19H,8-13H2,1-7H3. The van der Waals surface area contributed by atoms with Gasteiger partial charge in [-0.25, -0.2) is 0 Å². The van der Waals surface area contributed by atoms with E-state index < -0.39 is 0 Å². The molecule has 0 bridgehead atoms. The van der Waals surface area contributed by atoms with Crippen molar-refractivity contribution in [2.45, 2.75) is 73.8 Å². The molecule has 3 nitrogen and oxygen atoms in total. The third-order valence-corrected chi connectivity index (χ3v) is 4.93. The summed E-state index contributed by atoms with van der Waals surface area (Å²) in [7, 11) is 0. The summed E-state index contributed by atoms with van der Waals surface area (Å²) in [5, 5.41) is 3.56. The van der Waals surface area contributed by atoms with Crippen LogP contribution in [0.15, 0.2) is 0 Å². The number of nitrogens with zero attached hydrogens (tertiary/aromatic N) is 1. The number of carbonyl (C=O) groups is 1. The number of likely N-dealkylation sites (N-methyl/N-ethyl adjacent to an activating group) is 1. The van der Waals surface area contributed by atoms with Gasteiger partial charge >= 0.3 is 0 Å². The number of nitrogens with one attached hydrogen (secondary N) is 1. The van der Waals surface area contributed by atoms with E-state index in [9.17, 15) is 4.79 Å². The van der Waals surface area contributed by atoms with E-state index in [1.807, 2.05) is 0 Å². The minimum Gasteiger partial charge on any atom is -0.341 e. The maximum absolute atomic E-state index is 12.5. The summed E-state index contributed by atoms with van der Waals surface area (Å²) in [6.45, 7) is 18.5. The maximum atomic E-state index is 12.5. The Balaban J connectivity index is 2.72. The molecule has 3 heteroatoms. The van der Waals surface area contributed by atoms with Crippen molar-refractivity contribution in [1.29, 1.82) is 0 Å². The second kappa shape index (κ2) is 7.13. The SMILES string of the molecule is CCNC(CN1CCC(C(C)(C)C)CCC1=O)C(C)(C)C. The lowest BCUT2D eigenvalue weighted by Crippen LogP contribution is -2.50. The number of amides is 1. The summed E-state index contributed by atoms with van der Waals surface area (Å²) in [6, 6.07) is 0.359. The van der Waals surface area contributed by atoms with Gasteiger partial charge < -0.3 is 10.2 Å². The highest BCUT2D eigenvalue weighted by atomic mass is 16.2. The average Bonchev–Trinajstić information content (AvgIpc) is 2.50. The average molecular weight is 296 g/mol. The van der Waals surface area contributed by atoms with E-state index in [0.29, 0.717) is 29.7 Å². The Hall–Kier alpha value is -0.570. The monoisotopic (exact) mass is 296 g/mol. The summed E-state index contributed by atoms with van der Waals surface area (Å²) in [5.74, 6) is 0.993. The molecule has 1 aliphatic heterocycles. The minimum absolute atomic E-state index is 0.173. The summed E-state index contributed by atoms with van der Waals surface area (Å²) >= 11 is 0. The molecule has 1 aliphatic rings. The van der Waals surface area contributed by atoms with Crippen LogP contribution in [0.4, 0.5) is 0 Å². The zero-order chi connectivity index (χ0) is 16.3. The fourth-order valence-electron chi connectivity index (χ4n) is 3.21. The van der Waals surface area contributed by atoms with Crippen LogP contribution in [-0.2, 0) is 4.79 Å². The van der Waals surface area contributed by atoms with Crippen molar-refractivity contribution < 1.29 is 4.79 Å². The van der Waals surface area contributed by atoms with Crippen molar-refractivity contribution in [3.63, 3.8) is 0 Å². The van der Waals surface area contributed by atoms with Gasteiger partial charge in [-0.05, 0) is 36.1 Å². The molecule has 1 amide bonds. The van der Waals surface area contributed by atoms with E-state index in [4.69, 9.17) is 0 Å². The molecule has 0 aromatic rings. The van der Waals surface area contributed by atoms with Gasteiger partial charge in [0.25, 0.3) is 0 Å². The Bertz CT molecular complexity index is 338. The molecule has 1 rings (SSSR count). The van der Waals surface area contributed by atoms with Crippen molar-refractivity contribution in [2.24, 2.45) is 16.7 Å². The second-order valence-corrected chi connectivity index (χ2v) is 8.71. The summed E-state index contributed by atoms with van der Waals surface area (Å²) < 4.78 is 0. The van der Waals surface area contributed by atoms with Crippen molar-refractivity contribution >= 4 is 5.91 Å². The smallest absolute Gasteiger partial charge is 0.222 e. The van der Waals surface area contributed by atoms with Gasteiger partial charge in [-0.3, -0.25) is 4.79 Å². The van der Waals surface area contributed by atoms with E-state index in [1.165, 1.54) is 0 Å². The van der Waals surface area contributed by atoms with E-state index in [0.717, 1.165) is 32.5 Å². The zero-order valence-corrected chi connectivity index (χ0v) is 15.3. The van der Waals surface area contributed by atoms with Crippen LogP contribution in [0.1, 0.15) is 67.7 Å². The first-order valence-corrected chi connectivity index (χ1v) is 8.57. The van der Waals surface area contributed by atoms with Gasteiger partial charge in [0.15, 0.2) is 0 Å². The molecule has 1 heterocycles. The Morgan fingerprint density at radius 2 is 1.81 bits per heavy atom. The molecule has 124 valence electrons. The Morgan fingerprint density at radius 1 is 1.19 bits per heavy atom. The number of hydrogen-bond donors (Lipinski definition) is 1.